The summed E-state index contributed by atoms with van der Waals surface area (Å²) in [7, 11) is 0. The van der Waals surface area contributed by atoms with Gasteiger partial charge in [0.15, 0.2) is 0 Å². The molecule has 0 aromatic heterocycles. The lowest BCUT2D eigenvalue weighted by atomic mass is 10.2. The fraction of sp³-hybridized carbons (Fsp3) is 0.273. The summed E-state index contributed by atoms with van der Waals surface area (Å²) < 4.78 is 0. The van der Waals surface area contributed by atoms with Gasteiger partial charge in [0, 0.05) is 12.5 Å². The minimum atomic E-state index is 0.178. The number of nitrogens with one attached hydrogen (secondary N) is 1. The number of fused-ring (bicyclic) bond motifs is 1. The molecular formula is C11H12N2OS. The number of para-hydroxylation sites is 2. The van der Waals surface area contributed by atoms with Crippen molar-refractivity contribution in [2.45, 2.75) is 6.92 Å². The number of amides is 1. The molecule has 0 fully saturated rings. The Balaban J connectivity index is 2.46. The molecule has 0 saturated carbocycles. The van der Waals surface area contributed by atoms with Gasteiger partial charge in [-0.05, 0) is 12.1 Å². The van der Waals surface area contributed by atoms with Gasteiger partial charge in [0.05, 0.1) is 16.4 Å². The Kier molecular flexibility index (Phi) is 2.68. The minimum Gasteiger partial charge on any atom is -0.348 e. The Morgan fingerprint density at radius 1 is 1.53 bits per heavy atom. The van der Waals surface area contributed by atoms with Gasteiger partial charge in [0.2, 0.25) is 6.41 Å². The quantitative estimate of drug-likeness (QED) is 0.580. The van der Waals surface area contributed by atoms with Crippen molar-refractivity contribution in [2.75, 3.05) is 16.8 Å². The molecule has 0 saturated heterocycles. The highest BCUT2D eigenvalue weighted by molar-refractivity contribution is 7.80. The van der Waals surface area contributed by atoms with Crippen molar-refractivity contribution in [1.29, 1.82) is 0 Å². The summed E-state index contributed by atoms with van der Waals surface area (Å²) in [4.78, 5) is 13.5. The Morgan fingerprint density at radius 2 is 2.27 bits per heavy atom. The molecule has 1 aliphatic heterocycles. The van der Waals surface area contributed by atoms with Gasteiger partial charge >= 0.3 is 0 Å². The van der Waals surface area contributed by atoms with E-state index in [1.165, 1.54) is 0 Å². The van der Waals surface area contributed by atoms with E-state index >= 15 is 0 Å². The van der Waals surface area contributed by atoms with Crippen molar-refractivity contribution in [3.8, 4) is 0 Å². The van der Waals surface area contributed by atoms with E-state index in [0.29, 0.717) is 6.54 Å². The first-order chi connectivity index (χ1) is 7.22. The highest BCUT2D eigenvalue weighted by atomic mass is 32.1. The molecular weight excluding hydrogens is 208 g/mol. The van der Waals surface area contributed by atoms with Crippen LogP contribution >= 0.6 is 12.2 Å². The summed E-state index contributed by atoms with van der Waals surface area (Å²) in [6.07, 6.45) is 0.852. The van der Waals surface area contributed by atoms with Gasteiger partial charge in [0.25, 0.3) is 0 Å². The monoisotopic (exact) mass is 220 g/mol. The van der Waals surface area contributed by atoms with Crippen LogP contribution in [0.1, 0.15) is 6.92 Å². The van der Waals surface area contributed by atoms with E-state index < -0.39 is 0 Å². The molecule has 15 heavy (non-hydrogen) atoms. The van der Waals surface area contributed by atoms with Crippen LogP contribution in [0, 0.1) is 5.92 Å². The minimum absolute atomic E-state index is 0.178. The zero-order valence-corrected chi connectivity index (χ0v) is 9.25. The molecule has 0 unspecified atom stereocenters. The van der Waals surface area contributed by atoms with E-state index in [4.69, 9.17) is 12.2 Å². The molecule has 1 heterocycles. The predicted molar refractivity (Wildman–Crippen MR) is 65.2 cm³/mol. The lowest BCUT2D eigenvalue weighted by Crippen LogP contribution is -2.28. The number of nitrogens with zero attached hydrogens (tertiary/aromatic N) is 1. The first kappa shape index (κ1) is 10.1. The number of carbonyl (C=O) groups is 1. The maximum atomic E-state index is 11.0. The van der Waals surface area contributed by atoms with Crippen molar-refractivity contribution < 1.29 is 4.79 Å². The second-order valence-corrected chi connectivity index (χ2v) is 4.11. The Morgan fingerprint density at radius 3 is 3.00 bits per heavy atom. The summed E-state index contributed by atoms with van der Waals surface area (Å²) in [6.45, 7) is 2.64. The first-order valence-electron chi connectivity index (χ1n) is 4.84. The summed E-state index contributed by atoms with van der Waals surface area (Å²) in [5, 5.41) is 3.17. The molecule has 0 aliphatic carbocycles. The molecule has 3 nitrogen and oxygen atoms in total. The highest BCUT2D eigenvalue weighted by Crippen LogP contribution is 2.28. The normalized spacial score (nSPS) is 20.2. The number of hydrogen-bond acceptors (Lipinski definition) is 2. The molecule has 1 aromatic carbocycles. The van der Waals surface area contributed by atoms with E-state index in [0.717, 1.165) is 22.8 Å². The van der Waals surface area contributed by atoms with Crippen LogP contribution in [0.25, 0.3) is 0 Å². The summed E-state index contributed by atoms with van der Waals surface area (Å²) in [5.74, 6) is 0.178. The summed E-state index contributed by atoms with van der Waals surface area (Å²) in [6, 6.07) is 7.68. The summed E-state index contributed by atoms with van der Waals surface area (Å²) >= 11 is 5.24. The second-order valence-electron chi connectivity index (χ2n) is 3.67. The molecule has 1 aromatic rings. The van der Waals surface area contributed by atoms with E-state index in [2.05, 4.69) is 5.32 Å². The lowest BCUT2D eigenvalue weighted by Gasteiger charge is -2.17. The van der Waals surface area contributed by atoms with Crippen LogP contribution in [0.4, 0.5) is 11.4 Å². The fourth-order valence-electron chi connectivity index (χ4n) is 1.66. The number of carbonyl (C=O) groups excluding carboxylic acids is 1. The van der Waals surface area contributed by atoms with Crippen molar-refractivity contribution in [2.24, 2.45) is 5.92 Å². The van der Waals surface area contributed by atoms with Crippen molar-refractivity contribution in [3.05, 3.63) is 24.3 Å². The van der Waals surface area contributed by atoms with Crippen LogP contribution in [0.15, 0.2) is 24.3 Å². The molecule has 0 bridgehead atoms. The number of anilines is 2. The maximum absolute atomic E-state index is 11.0. The van der Waals surface area contributed by atoms with Gasteiger partial charge in [-0.2, -0.15) is 0 Å². The molecule has 0 radical (unpaired) electrons. The average Bonchev–Trinajstić information content (AvgIpc) is 2.37. The number of thiocarbonyl (C=S) groups is 1. The van der Waals surface area contributed by atoms with Gasteiger partial charge in [-0.25, -0.2) is 0 Å². The predicted octanol–water partition coefficient (Wildman–Crippen LogP) is 2.04. The fourth-order valence-corrected chi connectivity index (χ4v) is 1.85. The van der Waals surface area contributed by atoms with Gasteiger partial charge in [-0.1, -0.05) is 31.3 Å². The molecule has 78 valence electrons. The van der Waals surface area contributed by atoms with Crippen molar-refractivity contribution >= 4 is 35.0 Å². The van der Waals surface area contributed by atoms with E-state index in [9.17, 15) is 4.79 Å². The third-order valence-corrected chi connectivity index (χ3v) is 3.02. The molecule has 2 rings (SSSR count). The van der Waals surface area contributed by atoms with Crippen molar-refractivity contribution in [1.82, 2.24) is 0 Å². The topological polar surface area (TPSA) is 32.3 Å². The lowest BCUT2D eigenvalue weighted by molar-refractivity contribution is -0.107. The number of hydrogen-bond donors (Lipinski definition) is 1. The largest absolute Gasteiger partial charge is 0.348 e. The summed E-state index contributed by atoms with van der Waals surface area (Å²) in [5.41, 5.74) is 1.79. The average molecular weight is 220 g/mol. The van der Waals surface area contributed by atoms with Crippen LogP contribution < -0.4 is 10.2 Å². The van der Waals surface area contributed by atoms with Crippen LogP contribution in [-0.2, 0) is 4.79 Å². The number of benzene rings is 1. The SMILES string of the molecule is C[C@H]1CN(C=O)c2ccccc2NC1=S. The van der Waals surface area contributed by atoms with E-state index in [1.807, 2.05) is 31.2 Å². The smallest absolute Gasteiger partial charge is 0.214 e. The highest BCUT2D eigenvalue weighted by Gasteiger charge is 2.21. The van der Waals surface area contributed by atoms with Gasteiger partial charge < -0.3 is 10.2 Å². The maximum Gasteiger partial charge on any atom is 0.214 e. The van der Waals surface area contributed by atoms with Crippen LogP contribution in [-0.4, -0.2) is 17.9 Å². The van der Waals surface area contributed by atoms with Crippen molar-refractivity contribution in [3.63, 3.8) is 0 Å². The molecule has 1 amide bonds. The standard InChI is InChI=1S/C11H12N2OS/c1-8-6-13(7-14)10-5-3-2-4-9(10)12-11(8)15/h2-5,7-8H,6H2,1H3,(H,12,15)/t8-/m0/s1. The Bertz CT molecular complexity index is 405. The van der Waals surface area contributed by atoms with E-state index in [1.54, 1.807) is 4.90 Å². The molecule has 1 aliphatic rings. The third kappa shape index (κ3) is 1.85. The van der Waals surface area contributed by atoms with Gasteiger partial charge in [-0.3, -0.25) is 4.79 Å². The second kappa shape index (κ2) is 3.98. The van der Waals surface area contributed by atoms with Gasteiger partial charge in [0.1, 0.15) is 0 Å². The van der Waals surface area contributed by atoms with Crippen LogP contribution in [0.2, 0.25) is 0 Å². The Hall–Kier alpha value is -1.42. The van der Waals surface area contributed by atoms with Gasteiger partial charge in [-0.15, -0.1) is 0 Å². The van der Waals surface area contributed by atoms with E-state index in [-0.39, 0.29) is 5.92 Å². The molecule has 4 heteroatoms. The number of rotatable bonds is 1. The van der Waals surface area contributed by atoms with Crippen LogP contribution in [0.5, 0.6) is 0 Å². The molecule has 1 N–H and O–H groups in total. The first-order valence-corrected chi connectivity index (χ1v) is 5.25. The van der Waals surface area contributed by atoms with Crippen LogP contribution in [0.3, 0.4) is 0 Å². The molecule has 0 spiro atoms. The third-order valence-electron chi connectivity index (χ3n) is 2.52. The zero-order chi connectivity index (χ0) is 10.8. The Labute approximate surface area is 94.1 Å². The zero-order valence-electron chi connectivity index (χ0n) is 8.43. The molecule has 1 atom stereocenters.